The minimum Gasteiger partial charge on any atom is -0.369 e. The zero-order chi connectivity index (χ0) is 11.1. The topological polar surface area (TPSA) is 55.1 Å². The molecule has 0 radical (unpaired) electrons. The molecule has 0 aromatic rings. The van der Waals surface area contributed by atoms with Gasteiger partial charge in [-0.2, -0.15) is 0 Å². The Morgan fingerprint density at radius 1 is 1.40 bits per heavy atom. The van der Waals surface area contributed by atoms with Crippen LogP contribution in [0.1, 0.15) is 45.4 Å². The molecule has 0 bridgehead atoms. The van der Waals surface area contributed by atoms with Crippen LogP contribution in [0.3, 0.4) is 0 Å². The molecule has 1 fully saturated rings. The lowest BCUT2D eigenvalue weighted by Gasteiger charge is -2.21. The molecule has 3 N–H and O–H groups in total. The van der Waals surface area contributed by atoms with Gasteiger partial charge in [-0.3, -0.25) is 4.79 Å². The van der Waals surface area contributed by atoms with Crippen LogP contribution in [0.25, 0.3) is 0 Å². The number of hydrogen-bond donors (Lipinski definition) is 2. The highest BCUT2D eigenvalue weighted by Gasteiger charge is 2.13. The van der Waals surface area contributed by atoms with Gasteiger partial charge < -0.3 is 11.1 Å². The first-order valence-corrected chi connectivity index (χ1v) is 6.20. The van der Waals surface area contributed by atoms with Gasteiger partial charge in [0.1, 0.15) is 0 Å². The Bertz CT molecular complexity index is 188. The Balaban J connectivity index is 1.98. The molecule has 3 nitrogen and oxygen atoms in total. The average Bonchev–Trinajstić information content (AvgIpc) is 2.25. The van der Waals surface area contributed by atoms with Crippen molar-refractivity contribution in [3.63, 3.8) is 0 Å². The Hall–Kier alpha value is -0.570. The van der Waals surface area contributed by atoms with Gasteiger partial charge in [-0.15, -0.1) is 0 Å². The summed E-state index contributed by atoms with van der Waals surface area (Å²) in [7, 11) is 0. The van der Waals surface area contributed by atoms with Gasteiger partial charge in [0.15, 0.2) is 0 Å². The zero-order valence-electron chi connectivity index (χ0n) is 9.80. The number of primary amides is 1. The Kier molecular flexibility index (Phi) is 5.69. The van der Waals surface area contributed by atoms with Crippen LogP contribution in [-0.2, 0) is 4.79 Å². The molecule has 0 aliphatic heterocycles. The first-order valence-electron chi connectivity index (χ1n) is 6.20. The fraction of sp³-hybridized carbons (Fsp3) is 0.917. The molecule has 88 valence electrons. The summed E-state index contributed by atoms with van der Waals surface area (Å²) in [5.41, 5.74) is 5.18. The minimum atomic E-state index is -0.208. The van der Waals surface area contributed by atoms with Crippen molar-refractivity contribution in [2.45, 2.75) is 45.4 Å². The van der Waals surface area contributed by atoms with Gasteiger partial charge in [0.2, 0.25) is 5.91 Å². The number of nitrogens with one attached hydrogen (secondary N) is 1. The highest BCUT2D eigenvalue weighted by Crippen LogP contribution is 2.25. The highest BCUT2D eigenvalue weighted by atomic mass is 16.1. The van der Waals surface area contributed by atoms with E-state index in [1.165, 1.54) is 38.5 Å². The van der Waals surface area contributed by atoms with Crippen molar-refractivity contribution < 1.29 is 4.79 Å². The van der Waals surface area contributed by atoms with E-state index in [4.69, 9.17) is 5.73 Å². The van der Waals surface area contributed by atoms with E-state index < -0.39 is 0 Å². The molecular weight excluding hydrogens is 188 g/mol. The first-order chi connectivity index (χ1) is 7.20. The van der Waals surface area contributed by atoms with Crippen molar-refractivity contribution in [2.24, 2.45) is 17.6 Å². The van der Waals surface area contributed by atoms with E-state index in [0.717, 1.165) is 19.0 Å². The molecule has 0 spiro atoms. The largest absolute Gasteiger partial charge is 0.369 e. The monoisotopic (exact) mass is 212 g/mol. The smallest absolute Gasteiger partial charge is 0.221 e. The number of carbonyl (C=O) groups excluding carboxylic acids is 1. The van der Waals surface area contributed by atoms with Gasteiger partial charge in [0.25, 0.3) is 0 Å². The van der Waals surface area contributed by atoms with Crippen LogP contribution in [0.5, 0.6) is 0 Å². The molecule has 15 heavy (non-hydrogen) atoms. The normalized spacial score (nSPS) is 20.1. The van der Waals surface area contributed by atoms with Crippen LogP contribution in [0.2, 0.25) is 0 Å². The molecule has 1 amide bonds. The predicted molar refractivity (Wildman–Crippen MR) is 62.4 cm³/mol. The number of nitrogens with two attached hydrogens (primary N) is 1. The van der Waals surface area contributed by atoms with Crippen molar-refractivity contribution in [1.29, 1.82) is 0 Å². The zero-order valence-corrected chi connectivity index (χ0v) is 9.80. The number of hydrogen-bond acceptors (Lipinski definition) is 2. The van der Waals surface area contributed by atoms with E-state index in [2.05, 4.69) is 5.32 Å². The van der Waals surface area contributed by atoms with Gasteiger partial charge in [-0.25, -0.2) is 0 Å². The summed E-state index contributed by atoms with van der Waals surface area (Å²) in [6, 6.07) is 0. The van der Waals surface area contributed by atoms with Crippen molar-refractivity contribution >= 4 is 5.91 Å². The van der Waals surface area contributed by atoms with Crippen LogP contribution in [-0.4, -0.2) is 19.0 Å². The molecule has 0 aromatic heterocycles. The Morgan fingerprint density at radius 2 is 2.07 bits per heavy atom. The molecule has 1 unspecified atom stereocenters. The van der Waals surface area contributed by atoms with Gasteiger partial charge in [0, 0.05) is 12.5 Å². The maximum atomic E-state index is 10.8. The molecule has 0 heterocycles. The van der Waals surface area contributed by atoms with Gasteiger partial charge in [-0.1, -0.05) is 39.0 Å². The summed E-state index contributed by atoms with van der Waals surface area (Å²) in [5, 5.41) is 3.31. The number of rotatable bonds is 6. The molecule has 1 aliphatic carbocycles. The van der Waals surface area contributed by atoms with Gasteiger partial charge in [0.05, 0.1) is 0 Å². The lowest BCUT2D eigenvalue weighted by atomic mass is 9.87. The summed E-state index contributed by atoms with van der Waals surface area (Å²) in [5.74, 6) is 0.659. The van der Waals surface area contributed by atoms with Crippen molar-refractivity contribution in [2.75, 3.05) is 13.1 Å². The van der Waals surface area contributed by atoms with Crippen LogP contribution in [0.15, 0.2) is 0 Å². The van der Waals surface area contributed by atoms with Crippen molar-refractivity contribution in [1.82, 2.24) is 5.32 Å². The molecule has 3 heteroatoms. The van der Waals surface area contributed by atoms with E-state index in [9.17, 15) is 4.79 Å². The molecular formula is C12H24N2O. The van der Waals surface area contributed by atoms with E-state index >= 15 is 0 Å². The van der Waals surface area contributed by atoms with Crippen LogP contribution < -0.4 is 11.1 Å². The first kappa shape index (κ1) is 12.5. The summed E-state index contributed by atoms with van der Waals surface area (Å²) in [6.45, 7) is 3.63. The second-order valence-corrected chi connectivity index (χ2v) is 4.80. The molecule has 1 atom stereocenters. The SMILES string of the molecule is CC(CNCCC1CCCCC1)C(N)=O. The highest BCUT2D eigenvalue weighted by molar-refractivity contribution is 5.76. The lowest BCUT2D eigenvalue weighted by Crippen LogP contribution is -2.32. The summed E-state index contributed by atoms with van der Waals surface area (Å²) in [6.07, 6.45) is 8.28. The van der Waals surface area contributed by atoms with E-state index in [1.807, 2.05) is 6.92 Å². The fourth-order valence-electron chi connectivity index (χ4n) is 2.20. The van der Waals surface area contributed by atoms with E-state index in [-0.39, 0.29) is 11.8 Å². The number of amides is 1. The van der Waals surface area contributed by atoms with Gasteiger partial charge in [-0.05, 0) is 18.9 Å². The summed E-state index contributed by atoms with van der Waals surface area (Å²) in [4.78, 5) is 10.8. The molecule has 1 aliphatic rings. The van der Waals surface area contributed by atoms with Crippen molar-refractivity contribution in [3.8, 4) is 0 Å². The second kappa shape index (κ2) is 6.83. The third kappa shape index (κ3) is 5.17. The quantitative estimate of drug-likeness (QED) is 0.658. The fourth-order valence-corrected chi connectivity index (χ4v) is 2.20. The molecule has 0 saturated heterocycles. The maximum absolute atomic E-state index is 10.8. The third-order valence-corrected chi connectivity index (χ3v) is 3.39. The van der Waals surface area contributed by atoms with Crippen molar-refractivity contribution in [3.05, 3.63) is 0 Å². The van der Waals surface area contributed by atoms with Crippen LogP contribution >= 0.6 is 0 Å². The molecule has 0 aromatic carbocycles. The average molecular weight is 212 g/mol. The van der Waals surface area contributed by atoms with E-state index in [1.54, 1.807) is 0 Å². The second-order valence-electron chi connectivity index (χ2n) is 4.80. The Morgan fingerprint density at radius 3 is 2.67 bits per heavy atom. The minimum absolute atomic E-state index is 0.0450. The standard InChI is InChI=1S/C12H24N2O/c1-10(12(13)15)9-14-8-7-11-5-3-2-4-6-11/h10-11,14H,2-9H2,1H3,(H2,13,15). The third-order valence-electron chi connectivity index (χ3n) is 3.39. The van der Waals surface area contributed by atoms with Crippen LogP contribution in [0, 0.1) is 11.8 Å². The summed E-state index contributed by atoms with van der Waals surface area (Å²) >= 11 is 0. The maximum Gasteiger partial charge on any atom is 0.221 e. The number of carbonyl (C=O) groups is 1. The van der Waals surface area contributed by atoms with E-state index in [0.29, 0.717) is 0 Å². The summed E-state index contributed by atoms with van der Waals surface area (Å²) < 4.78 is 0. The molecule has 1 saturated carbocycles. The predicted octanol–water partition coefficient (Wildman–Crippen LogP) is 1.67. The van der Waals surface area contributed by atoms with Crippen LogP contribution in [0.4, 0.5) is 0 Å². The lowest BCUT2D eigenvalue weighted by molar-refractivity contribution is -0.121. The van der Waals surface area contributed by atoms with Gasteiger partial charge >= 0.3 is 0 Å². The molecule has 1 rings (SSSR count). The Labute approximate surface area is 92.8 Å².